The molecule has 0 saturated carbocycles. The van der Waals surface area contributed by atoms with E-state index in [0.29, 0.717) is 40.8 Å². The first-order valence-corrected chi connectivity index (χ1v) is 10.8. The lowest BCUT2D eigenvalue weighted by Gasteiger charge is -2.26. The molecule has 182 valence electrons. The quantitative estimate of drug-likeness (QED) is 0.279. The molecule has 2 amide bonds. The van der Waals surface area contributed by atoms with Gasteiger partial charge in [-0.25, -0.2) is 9.59 Å². The van der Waals surface area contributed by atoms with Crippen molar-refractivity contribution < 1.29 is 29.4 Å². The van der Waals surface area contributed by atoms with Crippen molar-refractivity contribution in [3.8, 4) is 0 Å². The van der Waals surface area contributed by atoms with Crippen molar-refractivity contribution >= 4 is 40.3 Å². The first-order chi connectivity index (χ1) is 16.5. The predicted molar refractivity (Wildman–Crippen MR) is 128 cm³/mol. The molecule has 11 heteroatoms. The van der Waals surface area contributed by atoms with Gasteiger partial charge in [-0.05, 0) is 49.5 Å². The summed E-state index contributed by atoms with van der Waals surface area (Å²) in [6, 6.07) is 9.06. The van der Waals surface area contributed by atoms with Crippen LogP contribution in [0, 0.1) is 0 Å². The number of carboxylic acid groups (broad SMARTS) is 2. The largest absolute Gasteiger partial charge is 0.479 e. The maximum Gasteiger partial charge on any atom is 0.335 e. The fourth-order valence-corrected chi connectivity index (χ4v) is 4.35. The Morgan fingerprint density at radius 3 is 2.49 bits per heavy atom. The Hall–Kier alpha value is -4.38. The second-order valence-corrected chi connectivity index (χ2v) is 8.75. The van der Waals surface area contributed by atoms with Crippen molar-refractivity contribution in [1.82, 2.24) is 15.2 Å². The van der Waals surface area contributed by atoms with Crippen LogP contribution < -0.4 is 16.4 Å². The average Bonchev–Trinajstić information content (AvgIpc) is 3.37. The molecule has 7 N–H and O–H groups in total. The third-order valence-corrected chi connectivity index (χ3v) is 6.13. The third kappa shape index (κ3) is 4.17. The number of nitrogens with two attached hydrogens (primary N) is 1. The number of carboxylic acids is 2. The number of aromatic carboxylic acids is 1. The van der Waals surface area contributed by atoms with E-state index in [1.165, 1.54) is 18.2 Å². The van der Waals surface area contributed by atoms with Crippen LogP contribution in [-0.2, 0) is 16.8 Å². The molecule has 1 aromatic heterocycles. The highest BCUT2D eigenvalue weighted by Gasteiger charge is 2.46. The molecule has 0 fully saturated rings. The number of amides is 2. The molecule has 4 rings (SSSR count). The Bertz CT molecular complexity index is 1380. The highest BCUT2D eigenvalue weighted by atomic mass is 16.4. The van der Waals surface area contributed by atoms with E-state index in [1.54, 1.807) is 18.2 Å². The van der Waals surface area contributed by atoms with E-state index in [9.17, 15) is 29.4 Å². The fourth-order valence-electron chi connectivity index (χ4n) is 4.35. The molecule has 1 atom stereocenters. The van der Waals surface area contributed by atoms with Crippen molar-refractivity contribution in [2.24, 2.45) is 5.73 Å². The molecular formula is C24H25N5O6. The number of aliphatic carboxylic acids is 1. The molecule has 0 bridgehead atoms. The number of carbonyl (C=O) groups excluding carboxylic acids is 2. The second-order valence-electron chi connectivity index (χ2n) is 8.75. The van der Waals surface area contributed by atoms with Crippen LogP contribution in [-0.4, -0.2) is 71.0 Å². The molecule has 1 unspecified atom stereocenters. The van der Waals surface area contributed by atoms with Crippen LogP contribution in [0.4, 0.5) is 5.69 Å². The first kappa shape index (κ1) is 23.8. The number of primary amides is 1. The zero-order valence-electron chi connectivity index (χ0n) is 19.1. The minimum Gasteiger partial charge on any atom is -0.479 e. The number of hydrogen-bond acceptors (Lipinski definition) is 6. The number of fused-ring (bicyclic) bond motifs is 2. The molecule has 2 heterocycles. The Morgan fingerprint density at radius 2 is 1.86 bits per heavy atom. The van der Waals surface area contributed by atoms with Crippen LogP contribution in [0.1, 0.15) is 42.3 Å². The second kappa shape index (κ2) is 8.76. The molecule has 3 aromatic rings. The molecule has 35 heavy (non-hydrogen) atoms. The van der Waals surface area contributed by atoms with Gasteiger partial charge in [0.25, 0.3) is 11.8 Å². The van der Waals surface area contributed by atoms with Gasteiger partial charge in [-0.1, -0.05) is 12.1 Å². The molecule has 2 aromatic carbocycles. The Kier molecular flexibility index (Phi) is 5.95. The maximum atomic E-state index is 12.7. The number of benzene rings is 2. The summed E-state index contributed by atoms with van der Waals surface area (Å²) in [7, 11) is 3.73. The summed E-state index contributed by atoms with van der Waals surface area (Å²) in [5, 5.41) is 25.6. The predicted octanol–water partition coefficient (Wildman–Crippen LogP) is 1.20. The highest BCUT2D eigenvalue weighted by molar-refractivity contribution is 6.15. The van der Waals surface area contributed by atoms with Crippen LogP contribution >= 0.6 is 0 Å². The summed E-state index contributed by atoms with van der Waals surface area (Å²) in [6.45, 7) is 0.951. The number of H-pyrrole nitrogens is 1. The number of likely N-dealkylation sites (N-methyl/N-ethyl adjacent to an activating group) is 1. The van der Waals surface area contributed by atoms with Crippen LogP contribution in [0.25, 0.3) is 10.9 Å². The topological polar surface area (TPSA) is 178 Å². The van der Waals surface area contributed by atoms with Crippen LogP contribution in [0.15, 0.2) is 36.4 Å². The van der Waals surface area contributed by atoms with Crippen LogP contribution in [0.2, 0.25) is 0 Å². The fraction of sp³-hybridized carbons (Fsp3) is 0.250. The average molecular weight is 479 g/mol. The van der Waals surface area contributed by atoms with Crippen molar-refractivity contribution in [2.45, 2.75) is 12.0 Å². The van der Waals surface area contributed by atoms with Gasteiger partial charge in [0.05, 0.1) is 11.1 Å². The van der Waals surface area contributed by atoms with Crippen LogP contribution in [0.5, 0.6) is 0 Å². The summed E-state index contributed by atoms with van der Waals surface area (Å²) in [5.74, 6) is -3.56. The lowest BCUT2D eigenvalue weighted by atomic mass is 9.86. The molecule has 1 aliphatic rings. The molecule has 11 nitrogen and oxygen atoms in total. The minimum absolute atomic E-state index is 0.00143. The minimum atomic E-state index is -1.57. The molecule has 0 spiro atoms. The van der Waals surface area contributed by atoms with E-state index >= 15 is 0 Å². The number of aromatic nitrogens is 1. The van der Waals surface area contributed by atoms with Crippen molar-refractivity contribution in [2.75, 3.05) is 32.5 Å². The summed E-state index contributed by atoms with van der Waals surface area (Å²) in [6.07, 6.45) is 0.00551. The van der Waals surface area contributed by atoms with Gasteiger partial charge >= 0.3 is 11.9 Å². The molecule has 1 aliphatic heterocycles. The van der Waals surface area contributed by atoms with E-state index < -0.39 is 29.3 Å². The van der Waals surface area contributed by atoms with E-state index in [2.05, 4.69) is 15.6 Å². The summed E-state index contributed by atoms with van der Waals surface area (Å²) < 4.78 is 0. The van der Waals surface area contributed by atoms with E-state index in [1.807, 2.05) is 19.0 Å². The molecular weight excluding hydrogens is 454 g/mol. The van der Waals surface area contributed by atoms with E-state index in [0.717, 1.165) is 0 Å². The Morgan fingerprint density at radius 1 is 1.11 bits per heavy atom. The third-order valence-electron chi connectivity index (χ3n) is 6.13. The lowest BCUT2D eigenvalue weighted by Crippen LogP contribution is -2.41. The van der Waals surface area contributed by atoms with Crippen molar-refractivity contribution in [1.29, 1.82) is 0 Å². The molecule has 0 radical (unpaired) electrons. The van der Waals surface area contributed by atoms with Gasteiger partial charge in [-0.3, -0.25) is 9.59 Å². The van der Waals surface area contributed by atoms with Gasteiger partial charge in [-0.15, -0.1) is 0 Å². The van der Waals surface area contributed by atoms with E-state index in [-0.39, 0.29) is 23.2 Å². The zero-order valence-corrected chi connectivity index (χ0v) is 19.1. The summed E-state index contributed by atoms with van der Waals surface area (Å²) >= 11 is 0. The van der Waals surface area contributed by atoms with Crippen LogP contribution in [0.3, 0.4) is 0 Å². The first-order valence-electron chi connectivity index (χ1n) is 10.8. The number of aromatic amines is 1. The number of carbonyl (C=O) groups is 4. The normalized spacial score (nSPS) is 16.7. The molecule has 0 aliphatic carbocycles. The monoisotopic (exact) mass is 479 g/mol. The number of rotatable bonds is 8. The van der Waals surface area contributed by atoms with Gasteiger partial charge in [-0.2, -0.15) is 0 Å². The number of hydrogen-bond donors (Lipinski definition) is 6. The smallest absolute Gasteiger partial charge is 0.335 e. The van der Waals surface area contributed by atoms with Gasteiger partial charge in [0.2, 0.25) is 0 Å². The Labute approximate surface area is 199 Å². The maximum absolute atomic E-state index is 12.7. The summed E-state index contributed by atoms with van der Waals surface area (Å²) in [4.78, 5) is 53.6. The van der Waals surface area contributed by atoms with Gasteiger partial charge in [0.1, 0.15) is 5.69 Å². The van der Waals surface area contributed by atoms with E-state index in [4.69, 9.17) is 5.73 Å². The van der Waals surface area contributed by atoms with Gasteiger partial charge in [0, 0.05) is 36.1 Å². The lowest BCUT2D eigenvalue weighted by molar-refractivity contribution is -0.142. The Balaban J connectivity index is 1.75. The summed E-state index contributed by atoms with van der Waals surface area (Å²) in [5.41, 5.74) is 5.89. The van der Waals surface area contributed by atoms with Gasteiger partial charge in [0.15, 0.2) is 5.54 Å². The van der Waals surface area contributed by atoms with Crippen molar-refractivity contribution in [3.05, 3.63) is 64.3 Å². The molecule has 0 saturated heterocycles. The highest BCUT2D eigenvalue weighted by Crippen LogP contribution is 2.41. The zero-order chi connectivity index (χ0) is 25.5. The number of nitrogens with one attached hydrogen (secondary N) is 3. The number of nitrogens with zero attached hydrogens (tertiary/aromatic N) is 1. The van der Waals surface area contributed by atoms with Crippen molar-refractivity contribution in [3.63, 3.8) is 0 Å². The van der Waals surface area contributed by atoms with Gasteiger partial charge < -0.3 is 36.5 Å². The number of anilines is 1. The SMILES string of the molecule is CN(C)CCNC(=O)c1[nH]c2cc(C3(C(=O)O)Cc4cc(C(=O)O)ccc4N3)ccc2c1C(N)=O. The standard InChI is InChI=1S/C24H25N5O6/c1-29(2)8-7-26-21(31)19-18(20(25)30)15-5-4-14(10-17(15)27-19)24(23(34)35)11-13-9-12(22(32)33)3-6-16(13)28-24/h3-6,9-10,27-28H,7-8,11H2,1-2H3,(H2,25,30)(H,26,31)(H,32,33)(H,34,35).